The lowest BCUT2D eigenvalue weighted by molar-refractivity contribution is 0.0129. The first-order chi connectivity index (χ1) is 11.9. The Balaban J connectivity index is 1.80. The summed E-state index contributed by atoms with van der Waals surface area (Å²) < 4.78 is 52.8. The molecule has 1 heterocycles. The van der Waals surface area contributed by atoms with Crippen molar-refractivity contribution in [3.63, 3.8) is 0 Å². The van der Waals surface area contributed by atoms with Crippen molar-refractivity contribution >= 4 is 19.7 Å². The number of benzene rings is 1. The van der Waals surface area contributed by atoms with E-state index in [1.54, 1.807) is 12.1 Å². The van der Waals surface area contributed by atoms with Crippen LogP contribution in [0.15, 0.2) is 58.4 Å². The van der Waals surface area contributed by atoms with Crippen molar-refractivity contribution in [2.75, 3.05) is 0 Å². The summed E-state index contributed by atoms with van der Waals surface area (Å²) in [6, 6.07) is 6.22. The molecule has 25 heavy (non-hydrogen) atoms. The van der Waals surface area contributed by atoms with Crippen LogP contribution in [-0.2, 0) is 19.7 Å². The number of sulfone groups is 2. The molecule has 0 spiro atoms. The van der Waals surface area contributed by atoms with Gasteiger partial charge in [0.15, 0.2) is 19.7 Å². The highest BCUT2D eigenvalue weighted by Gasteiger charge is 2.87. The minimum Gasteiger partial charge on any atom is -0.223 e. The molecule has 1 aromatic carbocycles. The second-order valence-electron chi connectivity index (χ2n) is 8.11. The smallest absolute Gasteiger partial charge is 0.187 e. The van der Waals surface area contributed by atoms with Crippen LogP contribution in [0.2, 0.25) is 0 Å². The fourth-order valence-electron chi connectivity index (χ4n) is 7.02. The van der Waals surface area contributed by atoms with Gasteiger partial charge in [0.25, 0.3) is 0 Å². The first kappa shape index (κ1) is 14.7. The van der Waals surface area contributed by atoms with Gasteiger partial charge in [0.1, 0.15) is 9.49 Å². The van der Waals surface area contributed by atoms with Crippen molar-refractivity contribution in [3.05, 3.63) is 48.6 Å². The van der Waals surface area contributed by atoms with E-state index in [0.29, 0.717) is 12.8 Å². The largest absolute Gasteiger partial charge is 0.223 e. The van der Waals surface area contributed by atoms with Crippen LogP contribution in [0, 0.1) is 23.7 Å². The zero-order chi connectivity index (χ0) is 17.2. The van der Waals surface area contributed by atoms with E-state index >= 15 is 0 Å². The molecule has 2 bridgehead atoms. The Morgan fingerprint density at radius 2 is 1.20 bits per heavy atom. The van der Waals surface area contributed by atoms with Crippen LogP contribution in [0.1, 0.15) is 19.3 Å². The fraction of sp³-hybridized carbons (Fsp3) is 0.474. The van der Waals surface area contributed by atoms with Crippen LogP contribution in [0.5, 0.6) is 0 Å². The molecule has 2 fully saturated rings. The number of allylic oxidation sites excluding steroid dienone is 4. The Labute approximate surface area is 147 Å². The quantitative estimate of drug-likeness (QED) is 0.655. The maximum Gasteiger partial charge on any atom is 0.187 e. The third-order valence-electron chi connectivity index (χ3n) is 7.65. The second-order valence-corrected chi connectivity index (χ2v) is 12.5. The molecule has 1 aromatic rings. The van der Waals surface area contributed by atoms with Crippen molar-refractivity contribution < 1.29 is 16.8 Å². The van der Waals surface area contributed by atoms with E-state index in [0.717, 1.165) is 6.42 Å². The number of fused-ring (bicyclic) bond motifs is 6. The number of hydrogen-bond acceptors (Lipinski definition) is 4. The minimum atomic E-state index is -3.73. The van der Waals surface area contributed by atoms with Gasteiger partial charge in [0, 0.05) is 0 Å². The van der Waals surface area contributed by atoms with Crippen LogP contribution in [0.25, 0.3) is 0 Å². The van der Waals surface area contributed by atoms with Crippen LogP contribution < -0.4 is 0 Å². The summed E-state index contributed by atoms with van der Waals surface area (Å²) in [4.78, 5) is 0.0391. The van der Waals surface area contributed by atoms with Crippen molar-refractivity contribution in [2.45, 2.75) is 38.5 Å². The van der Waals surface area contributed by atoms with Gasteiger partial charge in [-0.15, -0.1) is 0 Å². The molecule has 0 N–H and O–H groups in total. The van der Waals surface area contributed by atoms with Gasteiger partial charge < -0.3 is 0 Å². The first-order valence-corrected chi connectivity index (χ1v) is 11.8. The van der Waals surface area contributed by atoms with Gasteiger partial charge in [-0.1, -0.05) is 36.4 Å². The molecular formula is C19H18O4S2. The van der Waals surface area contributed by atoms with Gasteiger partial charge in [0.05, 0.1) is 9.79 Å². The van der Waals surface area contributed by atoms with E-state index in [1.165, 1.54) is 12.1 Å². The summed E-state index contributed by atoms with van der Waals surface area (Å²) in [5.74, 6) is 0.260. The topological polar surface area (TPSA) is 68.3 Å². The molecule has 0 aromatic heterocycles. The Morgan fingerprint density at radius 3 is 1.64 bits per heavy atom. The molecule has 4 nitrogen and oxygen atoms in total. The molecule has 6 rings (SSSR count). The molecule has 4 aliphatic carbocycles. The summed E-state index contributed by atoms with van der Waals surface area (Å²) >= 11 is 0. The molecule has 0 amide bonds. The van der Waals surface area contributed by atoms with Gasteiger partial charge in [-0.05, 0) is 55.1 Å². The van der Waals surface area contributed by atoms with Gasteiger partial charge in [-0.3, -0.25) is 0 Å². The Hall–Kier alpha value is -1.40. The highest BCUT2D eigenvalue weighted by atomic mass is 32.2. The predicted molar refractivity (Wildman–Crippen MR) is 92.4 cm³/mol. The highest BCUT2D eigenvalue weighted by Crippen LogP contribution is 2.78. The maximum atomic E-state index is 13.8. The maximum absolute atomic E-state index is 13.8. The van der Waals surface area contributed by atoms with E-state index in [-0.39, 0.29) is 33.5 Å². The first-order valence-electron chi connectivity index (χ1n) is 8.81. The molecular weight excluding hydrogens is 356 g/mol. The van der Waals surface area contributed by atoms with E-state index in [1.807, 2.05) is 12.2 Å². The molecule has 130 valence electrons. The van der Waals surface area contributed by atoms with Crippen LogP contribution in [0.4, 0.5) is 0 Å². The zero-order valence-corrected chi connectivity index (χ0v) is 15.1. The monoisotopic (exact) mass is 374 g/mol. The van der Waals surface area contributed by atoms with Crippen LogP contribution >= 0.6 is 0 Å². The van der Waals surface area contributed by atoms with Gasteiger partial charge in [0.2, 0.25) is 0 Å². The van der Waals surface area contributed by atoms with Crippen molar-refractivity contribution in [1.29, 1.82) is 0 Å². The Kier molecular flexibility index (Phi) is 2.33. The lowest BCUT2D eigenvalue weighted by Gasteiger charge is -2.70. The van der Waals surface area contributed by atoms with E-state index in [4.69, 9.17) is 0 Å². The fourth-order valence-corrected chi connectivity index (χ4v) is 13.6. The van der Waals surface area contributed by atoms with Crippen LogP contribution in [0.3, 0.4) is 0 Å². The summed E-state index contributed by atoms with van der Waals surface area (Å²) in [6.07, 6.45) is 9.59. The summed E-state index contributed by atoms with van der Waals surface area (Å²) in [6.45, 7) is 0. The molecule has 1 aliphatic heterocycles. The summed E-state index contributed by atoms with van der Waals surface area (Å²) in [5.41, 5.74) is 0. The normalized spacial score (nSPS) is 48.8. The molecule has 6 heteroatoms. The minimum absolute atomic E-state index is 0.0196. The Bertz CT molecular complexity index is 1010. The van der Waals surface area contributed by atoms with Crippen molar-refractivity contribution in [1.82, 2.24) is 0 Å². The summed E-state index contributed by atoms with van der Waals surface area (Å²) in [7, 11) is -7.45. The Morgan fingerprint density at radius 1 is 0.760 bits per heavy atom. The van der Waals surface area contributed by atoms with E-state index in [9.17, 15) is 16.8 Å². The van der Waals surface area contributed by atoms with Crippen molar-refractivity contribution in [2.24, 2.45) is 23.7 Å². The third-order valence-corrected chi connectivity index (χ3v) is 13.3. The highest BCUT2D eigenvalue weighted by molar-refractivity contribution is 8.00. The van der Waals surface area contributed by atoms with E-state index in [2.05, 4.69) is 12.2 Å². The lowest BCUT2D eigenvalue weighted by atomic mass is 9.48. The molecule has 0 unspecified atom stereocenters. The predicted octanol–water partition coefficient (Wildman–Crippen LogP) is 2.53. The molecule has 5 aliphatic rings. The van der Waals surface area contributed by atoms with Crippen LogP contribution in [-0.4, -0.2) is 26.3 Å². The van der Waals surface area contributed by atoms with Gasteiger partial charge in [-0.2, -0.15) is 0 Å². The third kappa shape index (κ3) is 1.17. The molecule has 6 atom stereocenters. The number of rotatable bonds is 0. The average molecular weight is 374 g/mol. The second kappa shape index (κ2) is 3.96. The molecule has 0 saturated heterocycles. The number of hydrogen-bond donors (Lipinski definition) is 0. The SMILES string of the molecule is O=S1(=O)c2ccccc2S(=O)(=O)[C@@]23CC=CC[C@]21[C@@H]1[C@H]3[C@H]2C=C[C@@H]1C2. The lowest BCUT2D eigenvalue weighted by Crippen LogP contribution is -2.83. The molecule has 0 radical (unpaired) electrons. The van der Waals surface area contributed by atoms with Gasteiger partial charge in [-0.25, -0.2) is 16.8 Å². The molecule has 2 saturated carbocycles. The van der Waals surface area contributed by atoms with E-state index < -0.39 is 29.2 Å². The standard InChI is InChI=1S/C19H18O4S2/c20-24(21)14-5-1-2-6-15(14)25(22,23)19-10-4-3-9-18(19,24)16-12-7-8-13(11-12)17(16)19/h1-8,12-13,16-17H,9-11H2/t12-,13+,16+,17-,18+,19-. The van der Waals surface area contributed by atoms with Gasteiger partial charge >= 0.3 is 0 Å². The summed E-state index contributed by atoms with van der Waals surface area (Å²) in [5, 5.41) is 0. The average Bonchev–Trinajstić information content (AvgIpc) is 3.16. The zero-order valence-electron chi connectivity index (χ0n) is 13.5. The van der Waals surface area contributed by atoms with Crippen molar-refractivity contribution in [3.8, 4) is 0 Å².